The molecule has 0 spiro atoms. The number of hydrogen-bond donors (Lipinski definition) is 1. The van der Waals surface area contributed by atoms with E-state index in [4.69, 9.17) is 9.47 Å². The topological polar surface area (TPSA) is 38.7 Å². The number of fused-ring (bicyclic) bond motifs is 1. The maximum absolute atomic E-state index is 9.18. The molecule has 0 aromatic heterocycles. The second-order valence-corrected chi connectivity index (χ2v) is 4.43. The highest BCUT2D eigenvalue weighted by molar-refractivity contribution is 5.52. The lowest BCUT2D eigenvalue weighted by Crippen LogP contribution is -2.05. The summed E-state index contributed by atoms with van der Waals surface area (Å²) in [6, 6.07) is 4.07. The quantitative estimate of drug-likeness (QED) is 0.851. The van der Waals surface area contributed by atoms with Crippen LogP contribution in [0.25, 0.3) is 0 Å². The Labute approximate surface area is 96.0 Å². The van der Waals surface area contributed by atoms with E-state index in [1.807, 2.05) is 13.0 Å². The average Bonchev–Trinajstić information content (AvgIpc) is 2.66. The van der Waals surface area contributed by atoms with Crippen LogP contribution in [-0.4, -0.2) is 24.9 Å². The Kier molecular flexibility index (Phi) is 3.06. The van der Waals surface area contributed by atoms with E-state index < -0.39 is 0 Å². The van der Waals surface area contributed by atoms with E-state index in [2.05, 4.69) is 13.0 Å². The Bertz CT molecular complexity index is 387. The number of aliphatic hydroxyl groups is 1. The Morgan fingerprint density at radius 3 is 2.94 bits per heavy atom. The van der Waals surface area contributed by atoms with Crippen molar-refractivity contribution in [2.24, 2.45) is 0 Å². The van der Waals surface area contributed by atoms with E-state index in [9.17, 15) is 5.11 Å². The zero-order valence-electron chi connectivity index (χ0n) is 9.99. The van der Waals surface area contributed by atoms with E-state index in [-0.39, 0.29) is 18.6 Å². The van der Waals surface area contributed by atoms with Crippen LogP contribution in [0.15, 0.2) is 12.1 Å². The van der Waals surface area contributed by atoms with Gasteiger partial charge in [-0.1, -0.05) is 13.0 Å². The van der Waals surface area contributed by atoms with Gasteiger partial charge in [0.25, 0.3) is 0 Å². The third-order valence-corrected chi connectivity index (χ3v) is 3.04. The SMILES string of the molecule is COc1cc(C(C)CO)cc2c1OC(C)C2. The molecule has 0 bridgehead atoms. The summed E-state index contributed by atoms with van der Waals surface area (Å²) in [6.07, 6.45) is 1.13. The molecular weight excluding hydrogens is 204 g/mol. The van der Waals surface area contributed by atoms with E-state index >= 15 is 0 Å². The molecule has 0 amide bonds. The van der Waals surface area contributed by atoms with Crippen LogP contribution in [0.4, 0.5) is 0 Å². The van der Waals surface area contributed by atoms with Gasteiger partial charge in [0.1, 0.15) is 6.10 Å². The van der Waals surface area contributed by atoms with Gasteiger partial charge < -0.3 is 14.6 Å². The molecular formula is C13H18O3. The monoisotopic (exact) mass is 222 g/mol. The molecule has 3 nitrogen and oxygen atoms in total. The standard InChI is InChI=1S/C13H18O3/c1-8(7-14)10-5-11-4-9(2)16-13(11)12(6-10)15-3/h5-6,8-9,14H,4,7H2,1-3H3. The van der Waals surface area contributed by atoms with Crippen LogP contribution in [0.1, 0.15) is 30.9 Å². The van der Waals surface area contributed by atoms with E-state index in [0.717, 1.165) is 23.5 Å². The van der Waals surface area contributed by atoms with Crippen molar-refractivity contribution in [3.8, 4) is 11.5 Å². The van der Waals surface area contributed by atoms with Crippen molar-refractivity contribution in [3.05, 3.63) is 23.3 Å². The van der Waals surface area contributed by atoms with Gasteiger partial charge in [0.2, 0.25) is 0 Å². The summed E-state index contributed by atoms with van der Waals surface area (Å²) >= 11 is 0. The molecule has 1 N–H and O–H groups in total. The Morgan fingerprint density at radius 1 is 1.56 bits per heavy atom. The summed E-state index contributed by atoms with van der Waals surface area (Å²) in [7, 11) is 1.65. The number of ether oxygens (including phenoxy) is 2. The van der Waals surface area contributed by atoms with Gasteiger partial charge in [-0.25, -0.2) is 0 Å². The second-order valence-electron chi connectivity index (χ2n) is 4.43. The highest BCUT2D eigenvalue weighted by Gasteiger charge is 2.24. The third kappa shape index (κ3) is 1.87. The highest BCUT2D eigenvalue weighted by Crippen LogP contribution is 2.40. The largest absolute Gasteiger partial charge is 0.493 e. The summed E-state index contributed by atoms with van der Waals surface area (Å²) < 4.78 is 11.0. The summed E-state index contributed by atoms with van der Waals surface area (Å²) in [5.74, 6) is 1.77. The predicted octanol–water partition coefficient (Wildman–Crippen LogP) is 2.11. The van der Waals surface area contributed by atoms with E-state index in [0.29, 0.717) is 0 Å². The lowest BCUT2D eigenvalue weighted by atomic mass is 9.97. The summed E-state index contributed by atoms with van der Waals surface area (Å²) in [6.45, 7) is 4.20. The van der Waals surface area contributed by atoms with Crippen LogP contribution in [0, 0.1) is 0 Å². The molecule has 0 aliphatic carbocycles. The lowest BCUT2D eigenvalue weighted by Gasteiger charge is -2.13. The Morgan fingerprint density at radius 2 is 2.31 bits per heavy atom. The van der Waals surface area contributed by atoms with Crippen LogP contribution < -0.4 is 9.47 Å². The van der Waals surface area contributed by atoms with Gasteiger partial charge in [0.15, 0.2) is 11.5 Å². The fourth-order valence-corrected chi connectivity index (χ4v) is 2.06. The minimum Gasteiger partial charge on any atom is -0.493 e. The number of methoxy groups -OCH3 is 1. The van der Waals surface area contributed by atoms with E-state index in [1.165, 1.54) is 5.56 Å². The number of benzene rings is 1. The van der Waals surface area contributed by atoms with Crippen LogP contribution >= 0.6 is 0 Å². The first kappa shape index (κ1) is 11.3. The van der Waals surface area contributed by atoms with Gasteiger partial charge in [-0.3, -0.25) is 0 Å². The van der Waals surface area contributed by atoms with Gasteiger partial charge in [-0.15, -0.1) is 0 Å². The highest BCUT2D eigenvalue weighted by atomic mass is 16.5. The molecule has 2 atom stereocenters. The molecule has 2 unspecified atom stereocenters. The molecule has 3 heteroatoms. The maximum Gasteiger partial charge on any atom is 0.164 e. The number of hydrogen-bond acceptors (Lipinski definition) is 3. The average molecular weight is 222 g/mol. The zero-order valence-corrected chi connectivity index (χ0v) is 9.99. The van der Waals surface area contributed by atoms with Crippen molar-refractivity contribution in [1.29, 1.82) is 0 Å². The molecule has 0 fully saturated rings. The molecule has 1 heterocycles. The molecule has 1 aliphatic rings. The second kappa shape index (κ2) is 4.34. The first-order chi connectivity index (χ1) is 7.65. The molecule has 1 aromatic carbocycles. The van der Waals surface area contributed by atoms with Crippen molar-refractivity contribution >= 4 is 0 Å². The zero-order chi connectivity index (χ0) is 11.7. The molecule has 16 heavy (non-hydrogen) atoms. The molecule has 2 rings (SSSR count). The molecule has 1 aromatic rings. The van der Waals surface area contributed by atoms with Crippen molar-refractivity contribution < 1.29 is 14.6 Å². The van der Waals surface area contributed by atoms with Gasteiger partial charge >= 0.3 is 0 Å². The third-order valence-electron chi connectivity index (χ3n) is 3.04. The molecule has 0 saturated carbocycles. The van der Waals surface area contributed by atoms with E-state index in [1.54, 1.807) is 7.11 Å². The molecule has 88 valence electrons. The van der Waals surface area contributed by atoms with Crippen molar-refractivity contribution in [1.82, 2.24) is 0 Å². The summed E-state index contributed by atoms with van der Waals surface area (Å²) in [5.41, 5.74) is 2.29. The van der Waals surface area contributed by atoms with Crippen molar-refractivity contribution in [2.45, 2.75) is 32.3 Å². The summed E-state index contributed by atoms with van der Waals surface area (Å²) in [5, 5.41) is 9.18. The van der Waals surface area contributed by atoms with Gasteiger partial charge in [0, 0.05) is 24.5 Å². The first-order valence-corrected chi connectivity index (χ1v) is 5.64. The Hall–Kier alpha value is -1.22. The molecule has 1 aliphatic heterocycles. The van der Waals surface area contributed by atoms with Crippen LogP contribution in [-0.2, 0) is 6.42 Å². The van der Waals surface area contributed by atoms with Gasteiger partial charge in [-0.05, 0) is 18.6 Å². The number of rotatable bonds is 3. The smallest absolute Gasteiger partial charge is 0.164 e. The minimum atomic E-state index is 0.134. The predicted molar refractivity (Wildman–Crippen MR) is 62.3 cm³/mol. The van der Waals surface area contributed by atoms with Crippen molar-refractivity contribution in [3.63, 3.8) is 0 Å². The van der Waals surface area contributed by atoms with Crippen LogP contribution in [0.5, 0.6) is 11.5 Å². The van der Waals surface area contributed by atoms with Gasteiger partial charge in [0.05, 0.1) is 7.11 Å². The van der Waals surface area contributed by atoms with Gasteiger partial charge in [-0.2, -0.15) is 0 Å². The maximum atomic E-state index is 9.18. The van der Waals surface area contributed by atoms with Crippen molar-refractivity contribution in [2.75, 3.05) is 13.7 Å². The fourth-order valence-electron chi connectivity index (χ4n) is 2.06. The first-order valence-electron chi connectivity index (χ1n) is 5.64. The molecule has 0 radical (unpaired) electrons. The Balaban J connectivity index is 2.42. The fraction of sp³-hybridized carbons (Fsp3) is 0.538. The number of aliphatic hydroxyl groups excluding tert-OH is 1. The lowest BCUT2D eigenvalue weighted by molar-refractivity contribution is 0.243. The summed E-state index contributed by atoms with van der Waals surface area (Å²) in [4.78, 5) is 0. The van der Waals surface area contributed by atoms with Crippen LogP contribution in [0.2, 0.25) is 0 Å². The normalized spacial score (nSPS) is 20.1. The molecule has 0 saturated heterocycles. The minimum absolute atomic E-state index is 0.134. The van der Waals surface area contributed by atoms with Crippen LogP contribution in [0.3, 0.4) is 0 Å².